The van der Waals surface area contributed by atoms with Gasteiger partial charge in [-0.15, -0.1) is 0 Å². The molecule has 1 heteroatoms. The van der Waals surface area contributed by atoms with E-state index in [4.69, 9.17) is 0 Å². The minimum atomic E-state index is -0.0972. The van der Waals surface area contributed by atoms with Crippen LogP contribution in [0, 0.1) is 46.8 Å². The summed E-state index contributed by atoms with van der Waals surface area (Å²) < 4.78 is 0. The summed E-state index contributed by atoms with van der Waals surface area (Å²) in [6.07, 6.45) is 17.8. The van der Waals surface area contributed by atoms with Crippen molar-refractivity contribution >= 4 is 6.29 Å². The SMILES string of the molecule is CC1CCC2C(CCC3C4CCCC4CCC23)C1.CCC(C)(C)C=O. The van der Waals surface area contributed by atoms with Crippen molar-refractivity contribution in [3.05, 3.63) is 0 Å². The fraction of sp³-hybridized carbons (Fsp3) is 0.958. The Kier molecular flexibility index (Phi) is 6.32. The number of fused-ring (bicyclic) bond motifs is 5. The second kappa shape index (κ2) is 8.13. The fourth-order valence-electron chi connectivity index (χ4n) is 6.79. The zero-order valence-electron chi connectivity index (χ0n) is 17.3. The zero-order chi connectivity index (χ0) is 18.0. The van der Waals surface area contributed by atoms with E-state index in [1.54, 1.807) is 64.2 Å². The Bertz CT molecular complexity index is 439. The summed E-state index contributed by atoms with van der Waals surface area (Å²) in [7, 11) is 0. The van der Waals surface area contributed by atoms with Crippen LogP contribution in [0.25, 0.3) is 0 Å². The quantitative estimate of drug-likeness (QED) is 0.497. The van der Waals surface area contributed by atoms with Gasteiger partial charge in [0.25, 0.3) is 0 Å². The summed E-state index contributed by atoms with van der Waals surface area (Å²) in [5.41, 5.74) is -0.0972. The monoisotopic (exact) mass is 346 g/mol. The summed E-state index contributed by atoms with van der Waals surface area (Å²) >= 11 is 0. The van der Waals surface area contributed by atoms with Gasteiger partial charge in [0.1, 0.15) is 6.29 Å². The zero-order valence-corrected chi connectivity index (χ0v) is 17.3. The second-order valence-electron chi connectivity index (χ2n) is 10.6. The molecule has 4 saturated carbocycles. The first-order chi connectivity index (χ1) is 11.9. The molecule has 0 radical (unpaired) electrons. The van der Waals surface area contributed by atoms with Gasteiger partial charge in [0, 0.05) is 5.41 Å². The molecule has 4 fully saturated rings. The fourth-order valence-corrected chi connectivity index (χ4v) is 6.79. The Labute approximate surface area is 156 Å². The lowest BCUT2D eigenvalue weighted by Crippen LogP contribution is -2.44. The van der Waals surface area contributed by atoms with Gasteiger partial charge in [-0.25, -0.2) is 0 Å². The van der Waals surface area contributed by atoms with Gasteiger partial charge in [0.15, 0.2) is 0 Å². The summed E-state index contributed by atoms with van der Waals surface area (Å²) in [4.78, 5) is 10.1. The molecule has 4 aliphatic rings. The average Bonchev–Trinajstić information content (AvgIpc) is 3.10. The number of carbonyl (C=O) groups excluding carboxylic acids is 1. The smallest absolute Gasteiger partial charge is 0.125 e. The van der Waals surface area contributed by atoms with Crippen LogP contribution in [0.4, 0.5) is 0 Å². The van der Waals surface area contributed by atoms with Gasteiger partial charge in [0.2, 0.25) is 0 Å². The molecule has 0 amide bonds. The van der Waals surface area contributed by atoms with Crippen molar-refractivity contribution in [1.82, 2.24) is 0 Å². The first kappa shape index (κ1) is 19.4. The largest absolute Gasteiger partial charge is 0.303 e. The Morgan fingerprint density at radius 1 is 0.800 bits per heavy atom. The van der Waals surface area contributed by atoms with E-state index in [-0.39, 0.29) is 5.41 Å². The summed E-state index contributed by atoms with van der Waals surface area (Å²) in [6, 6.07) is 0. The van der Waals surface area contributed by atoms with Crippen LogP contribution in [0.2, 0.25) is 0 Å². The molecule has 144 valence electrons. The van der Waals surface area contributed by atoms with Gasteiger partial charge in [-0.1, -0.05) is 47.0 Å². The van der Waals surface area contributed by atoms with Gasteiger partial charge >= 0.3 is 0 Å². The summed E-state index contributed by atoms with van der Waals surface area (Å²) in [5, 5.41) is 0. The molecule has 0 aromatic carbocycles. The molecule has 7 unspecified atom stereocenters. The van der Waals surface area contributed by atoms with Crippen molar-refractivity contribution in [1.29, 1.82) is 0 Å². The molecular weight excluding hydrogens is 304 g/mol. The van der Waals surface area contributed by atoms with Crippen LogP contribution < -0.4 is 0 Å². The lowest BCUT2D eigenvalue weighted by Gasteiger charge is -2.52. The standard InChI is InChI=1S/C18H30.C6H12O/c1-12-5-8-16-14(11-12)7-10-17-15-4-2-3-13(15)6-9-18(16)17;1-4-6(2,3)5-7/h12-18H,2-11H2,1H3;5H,4H2,1-3H3. The van der Waals surface area contributed by atoms with Gasteiger partial charge in [0.05, 0.1) is 0 Å². The molecule has 0 bridgehead atoms. The van der Waals surface area contributed by atoms with Crippen LogP contribution in [0.3, 0.4) is 0 Å². The van der Waals surface area contributed by atoms with E-state index >= 15 is 0 Å². The summed E-state index contributed by atoms with van der Waals surface area (Å²) in [6.45, 7) is 8.37. The number of carbonyl (C=O) groups is 1. The number of aldehydes is 1. The minimum Gasteiger partial charge on any atom is -0.303 e. The molecule has 4 aliphatic carbocycles. The predicted molar refractivity (Wildman–Crippen MR) is 106 cm³/mol. The number of rotatable bonds is 2. The molecule has 25 heavy (non-hydrogen) atoms. The maximum atomic E-state index is 10.1. The van der Waals surface area contributed by atoms with Crippen LogP contribution in [0.1, 0.15) is 98.3 Å². The molecule has 0 aromatic rings. The van der Waals surface area contributed by atoms with E-state index in [9.17, 15) is 4.79 Å². The maximum absolute atomic E-state index is 10.1. The van der Waals surface area contributed by atoms with Gasteiger partial charge in [-0.3, -0.25) is 0 Å². The highest BCUT2D eigenvalue weighted by atomic mass is 16.1. The highest BCUT2D eigenvalue weighted by Gasteiger charge is 2.48. The Morgan fingerprint density at radius 2 is 1.40 bits per heavy atom. The predicted octanol–water partition coefficient (Wildman–Crippen LogP) is 6.90. The lowest BCUT2D eigenvalue weighted by atomic mass is 9.53. The minimum absolute atomic E-state index is 0.0972. The van der Waals surface area contributed by atoms with E-state index in [0.717, 1.165) is 42.3 Å². The van der Waals surface area contributed by atoms with Crippen LogP contribution in [-0.4, -0.2) is 6.29 Å². The molecule has 0 aliphatic heterocycles. The molecule has 0 spiro atoms. The van der Waals surface area contributed by atoms with Gasteiger partial charge in [-0.05, 0) is 92.8 Å². The molecule has 7 atom stereocenters. The van der Waals surface area contributed by atoms with Crippen molar-refractivity contribution < 1.29 is 4.79 Å². The van der Waals surface area contributed by atoms with Crippen molar-refractivity contribution in [3.63, 3.8) is 0 Å². The molecule has 0 heterocycles. The van der Waals surface area contributed by atoms with Crippen molar-refractivity contribution in [2.45, 2.75) is 98.3 Å². The highest BCUT2D eigenvalue weighted by Crippen LogP contribution is 2.58. The molecule has 1 nitrogen and oxygen atoms in total. The third-order valence-corrected chi connectivity index (χ3v) is 8.64. The Hall–Kier alpha value is -0.330. The van der Waals surface area contributed by atoms with Crippen molar-refractivity contribution in [2.75, 3.05) is 0 Å². The topological polar surface area (TPSA) is 17.1 Å². The molecular formula is C24H42O. The van der Waals surface area contributed by atoms with E-state index in [2.05, 4.69) is 6.92 Å². The number of hydrogen-bond donors (Lipinski definition) is 0. The summed E-state index contributed by atoms with van der Waals surface area (Å²) in [5.74, 6) is 7.98. The Morgan fingerprint density at radius 3 is 2.00 bits per heavy atom. The van der Waals surface area contributed by atoms with Crippen molar-refractivity contribution in [3.8, 4) is 0 Å². The molecule has 4 rings (SSSR count). The molecule has 0 saturated heterocycles. The van der Waals surface area contributed by atoms with E-state index in [0.29, 0.717) is 0 Å². The van der Waals surface area contributed by atoms with E-state index in [1.807, 2.05) is 20.8 Å². The van der Waals surface area contributed by atoms with Crippen molar-refractivity contribution in [2.24, 2.45) is 46.8 Å². The third kappa shape index (κ3) is 4.33. The number of hydrogen-bond acceptors (Lipinski definition) is 1. The first-order valence-corrected chi connectivity index (χ1v) is 11.4. The third-order valence-electron chi connectivity index (χ3n) is 8.64. The van der Waals surface area contributed by atoms with Crippen LogP contribution >= 0.6 is 0 Å². The average molecular weight is 347 g/mol. The van der Waals surface area contributed by atoms with Crippen LogP contribution in [0.5, 0.6) is 0 Å². The van der Waals surface area contributed by atoms with E-state index in [1.165, 1.54) is 11.8 Å². The normalized spacial score (nSPS) is 43.1. The van der Waals surface area contributed by atoms with Crippen LogP contribution in [0.15, 0.2) is 0 Å². The van der Waals surface area contributed by atoms with Gasteiger partial charge < -0.3 is 4.79 Å². The highest BCUT2D eigenvalue weighted by molar-refractivity contribution is 5.57. The van der Waals surface area contributed by atoms with Crippen LogP contribution in [-0.2, 0) is 4.79 Å². The second-order valence-corrected chi connectivity index (χ2v) is 10.6. The lowest BCUT2D eigenvalue weighted by molar-refractivity contribution is -0.114. The first-order valence-electron chi connectivity index (χ1n) is 11.4. The van der Waals surface area contributed by atoms with E-state index < -0.39 is 0 Å². The molecule has 0 N–H and O–H groups in total. The van der Waals surface area contributed by atoms with Gasteiger partial charge in [-0.2, -0.15) is 0 Å². The maximum Gasteiger partial charge on any atom is 0.125 e. The molecule has 0 aromatic heterocycles. The Balaban J connectivity index is 0.000000225.